The van der Waals surface area contributed by atoms with Gasteiger partial charge in [-0.25, -0.2) is 0 Å². The molecular weight excluding hydrogens is 682 g/mol. The van der Waals surface area contributed by atoms with Gasteiger partial charge in [0.15, 0.2) is 6.29 Å². The Labute approximate surface area is 313 Å². The summed E-state index contributed by atoms with van der Waals surface area (Å²) >= 11 is 0. The smallest absolute Gasteiger partial charge is 0.161 e. The van der Waals surface area contributed by atoms with Crippen molar-refractivity contribution in [2.45, 2.75) is 194 Å². The Morgan fingerprint density at radius 3 is 2.26 bits per heavy atom. The average molecular weight is 744 g/mol. The summed E-state index contributed by atoms with van der Waals surface area (Å²) in [6.45, 7) is 11.3. The molecular formula is C41H61NO11. The summed E-state index contributed by atoms with van der Waals surface area (Å²) in [6, 6.07) is 0. The van der Waals surface area contributed by atoms with Gasteiger partial charge in [0, 0.05) is 51.2 Å². The third-order valence-corrected chi connectivity index (χ3v) is 14.3. The Kier molecular flexibility index (Phi) is 10.7. The molecule has 12 nitrogen and oxygen atoms in total. The van der Waals surface area contributed by atoms with E-state index in [1.165, 1.54) is 0 Å². The Bertz CT molecular complexity index is 1380. The molecule has 9 saturated heterocycles. The molecule has 11 bridgehead atoms. The van der Waals surface area contributed by atoms with Crippen LogP contribution in [0.1, 0.15) is 90.4 Å². The van der Waals surface area contributed by atoms with Crippen LogP contribution in [0.25, 0.3) is 0 Å². The van der Waals surface area contributed by atoms with Crippen LogP contribution in [-0.4, -0.2) is 128 Å². The molecule has 0 aromatic carbocycles. The van der Waals surface area contributed by atoms with E-state index in [2.05, 4.69) is 20.1 Å². The maximum atomic E-state index is 14.1. The van der Waals surface area contributed by atoms with E-state index in [0.717, 1.165) is 68.9 Å². The van der Waals surface area contributed by atoms with Crippen molar-refractivity contribution in [1.82, 2.24) is 0 Å². The number of nitrogens with two attached hydrogens (primary N) is 1. The van der Waals surface area contributed by atoms with Crippen molar-refractivity contribution in [3.63, 3.8) is 0 Å². The molecule has 0 spiro atoms. The summed E-state index contributed by atoms with van der Waals surface area (Å²) in [6.07, 6.45) is 5.36. The van der Waals surface area contributed by atoms with E-state index in [1.54, 1.807) is 7.11 Å². The molecule has 0 amide bonds. The largest absolute Gasteiger partial charge is 0.392 e. The van der Waals surface area contributed by atoms with Crippen LogP contribution in [0.4, 0.5) is 0 Å². The summed E-state index contributed by atoms with van der Waals surface area (Å²) < 4.78 is 59.9. The fourth-order valence-electron chi connectivity index (χ4n) is 11.4. The van der Waals surface area contributed by atoms with Crippen molar-refractivity contribution < 1.29 is 52.5 Å². The normalized spacial score (nSPS) is 51.8. The molecule has 20 atom stereocenters. The minimum Gasteiger partial charge on any atom is -0.392 e. The third kappa shape index (κ3) is 7.15. The number of Topliss-reactive ketones (excluding diaryl/α,β-unsaturated/α-hetero) is 1. The molecule has 0 aromatic heterocycles. The van der Waals surface area contributed by atoms with E-state index in [4.69, 9.17) is 48.4 Å². The first kappa shape index (κ1) is 37.3. The summed E-state index contributed by atoms with van der Waals surface area (Å²) in [5.41, 5.74) is 8.04. The van der Waals surface area contributed by atoms with Crippen LogP contribution >= 0.6 is 0 Å². The van der Waals surface area contributed by atoms with E-state index in [9.17, 15) is 9.90 Å². The van der Waals surface area contributed by atoms with Gasteiger partial charge in [-0.05, 0) is 74.9 Å². The van der Waals surface area contributed by atoms with Crippen molar-refractivity contribution in [1.29, 1.82) is 0 Å². The number of carbonyl (C=O) groups is 1. The maximum absolute atomic E-state index is 14.1. The fourth-order valence-corrected chi connectivity index (χ4v) is 11.4. The van der Waals surface area contributed by atoms with E-state index in [1.807, 2.05) is 0 Å². The van der Waals surface area contributed by atoms with Gasteiger partial charge in [0.1, 0.15) is 36.3 Å². The molecule has 0 saturated carbocycles. The molecule has 9 aliphatic heterocycles. The Balaban J connectivity index is 0.984. The predicted molar refractivity (Wildman–Crippen MR) is 191 cm³/mol. The van der Waals surface area contributed by atoms with E-state index < -0.39 is 12.2 Å². The lowest BCUT2D eigenvalue weighted by molar-refractivity contribution is -0.309. The van der Waals surface area contributed by atoms with Crippen LogP contribution in [0, 0.1) is 17.8 Å². The predicted octanol–water partition coefficient (Wildman–Crippen LogP) is 3.68. The number of fused-ring (bicyclic) bond motifs is 6. The lowest BCUT2D eigenvalue weighted by Crippen LogP contribution is -2.61. The second kappa shape index (κ2) is 15.2. The van der Waals surface area contributed by atoms with Gasteiger partial charge in [0.25, 0.3) is 0 Å². The van der Waals surface area contributed by atoms with Crippen LogP contribution in [0.3, 0.4) is 0 Å². The van der Waals surface area contributed by atoms with Crippen LogP contribution < -0.4 is 5.73 Å². The van der Waals surface area contributed by atoms with Gasteiger partial charge in [-0.1, -0.05) is 20.1 Å². The monoisotopic (exact) mass is 743 g/mol. The fraction of sp³-hybridized carbons (Fsp3) is 0.878. The van der Waals surface area contributed by atoms with Crippen LogP contribution in [0.2, 0.25) is 0 Å². The molecule has 9 aliphatic rings. The minimum atomic E-state index is -0.729. The van der Waals surface area contributed by atoms with Gasteiger partial charge in [0.05, 0.1) is 67.1 Å². The number of methoxy groups -OCH3 is 1. The van der Waals surface area contributed by atoms with Crippen molar-refractivity contribution in [2.75, 3.05) is 13.7 Å². The summed E-state index contributed by atoms with van der Waals surface area (Å²) in [5.74, 6) is 0.346. The van der Waals surface area contributed by atoms with Gasteiger partial charge in [-0.3, -0.25) is 4.79 Å². The zero-order valence-electron chi connectivity index (χ0n) is 31.5. The Morgan fingerprint density at radius 2 is 1.43 bits per heavy atom. The zero-order valence-corrected chi connectivity index (χ0v) is 31.5. The highest BCUT2D eigenvalue weighted by atomic mass is 16.7. The second-order valence-corrected chi connectivity index (χ2v) is 17.8. The minimum absolute atomic E-state index is 0.0106. The molecule has 3 N–H and O–H groups in total. The molecule has 0 aromatic rings. The zero-order chi connectivity index (χ0) is 36.5. The quantitative estimate of drug-likeness (QED) is 0.405. The van der Waals surface area contributed by atoms with E-state index >= 15 is 0 Å². The number of aliphatic hydroxyl groups is 1. The van der Waals surface area contributed by atoms with Gasteiger partial charge in [-0.15, -0.1) is 0 Å². The van der Waals surface area contributed by atoms with Crippen LogP contribution in [0.5, 0.6) is 0 Å². The van der Waals surface area contributed by atoms with E-state index in [-0.39, 0.29) is 135 Å². The molecule has 12 heteroatoms. The van der Waals surface area contributed by atoms with Crippen molar-refractivity contribution in [3.8, 4) is 0 Å². The molecule has 296 valence electrons. The van der Waals surface area contributed by atoms with Crippen LogP contribution in [-0.2, 0) is 47.4 Å². The topological polar surface area (TPSA) is 146 Å². The number of ketones is 1. The van der Waals surface area contributed by atoms with Crippen molar-refractivity contribution in [3.05, 3.63) is 24.3 Å². The number of hydrogen-bond donors (Lipinski definition) is 2. The highest BCUT2D eigenvalue weighted by Crippen LogP contribution is 2.50. The van der Waals surface area contributed by atoms with E-state index in [0.29, 0.717) is 12.8 Å². The molecule has 0 aliphatic carbocycles. The number of rotatable bonds is 4. The molecule has 6 unspecified atom stereocenters. The summed E-state index contributed by atoms with van der Waals surface area (Å²) in [5, 5.41) is 10.5. The van der Waals surface area contributed by atoms with Gasteiger partial charge in [0.2, 0.25) is 0 Å². The second-order valence-electron chi connectivity index (χ2n) is 17.8. The van der Waals surface area contributed by atoms with Gasteiger partial charge >= 0.3 is 0 Å². The summed E-state index contributed by atoms with van der Waals surface area (Å²) in [7, 11) is 1.66. The number of aliphatic hydroxyl groups excluding tert-OH is 1. The van der Waals surface area contributed by atoms with Gasteiger partial charge < -0.3 is 53.5 Å². The maximum Gasteiger partial charge on any atom is 0.161 e. The number of hydrogen-bond acceptors (Lipinski definition) is 12. The van der Waals surface area contributed by atoms with Gasteiger partial charge in [-0.2, -0.15) is 0 Å². The SMILES string of the molecule is C=C1C[C@@H]2CCC3C[C@H]4OC5C6O[C@@H]3O[C@@H]4[C@@H]5O[C@H]3CC[C@H](CC(=O)CC4C(C[C@H]5O[C@@H](CC[C@@H]1O2)C[C@@H](C)C5=C)O[C@H](CC(O)CN)[C@@H]4OC)O[C@H]63. The lowest BCUT2D eigenvalue weighted by Gasteiger charge is -2.47. The van der Waals surface area contributed by atoms with Crippen molar-refractivity contribution >= 4 is 5.78 Å². The first-order valence-corrected chi connectivity index (χ1v) is 20.7. The number of ether oxygens (including phenoxy) is 9. The standard InChI is InChI=1S/C41H61NO11/c1-19-11-26-7-9-29-20(2)12-25(46-29)6-5-22-13-33-37-38-40(51-33)39(53-41(22)52-37)36-30(50-38)10-8-27(48-36)14-23(43)15-28-32(17-31(47-26)21(19)3)49-34(35(28)45-4)16-24(44)18-42/h19,22,24-41,44H,2-3,5-18,42H2,1,4H3/t19-,22?,24?,25+,26+,27-,28?,29+,30+,31-,32?,33-,34-,35-,36+,37+,38+,39?,40?,41+/m1/s1. The molecule has 9 rings (SSSR count). The number of carbonyl (C=O) groups excluding carboxylic acids is 1. The molecule has 9 heterocycles. The first-order chi connectivity index (χ1) is 25.6. The Hall–Kier alpha value is -1.29. The molecule has 9 fully saturated rings. The Morgan fingerprint density at radius 1 is 0.736 bits per heavy atom. The summed E-state index contributed by atoms with van der Waals surface area (Å²) in [4.78, 5) is 14.1. The van der Waals surface area contributed by atoms with Crippen LogP contribution in [0.15, 0.2) is 24.3 Å². The molecule has 0 radical (unpaired) electrons. The highest BCUT2D eigenvalue weighted by molar-refractivity contribution is 5.79. The average Bonchev–Trinajstić information content (AvgIpc) is 3.76. The van der Waals surface area contributed by atoms with Crippen molar-refractivity contribution in [2.24, 2.45) is 23.5 Å². The highest BCUT2D eigenvalue weighted by Gasteiger charge is 2.64. The lowest BCUT2D eigenvalue weighted by atomic mass is 9.81. The molecule has 53 heavy (non-hydrogen) atoms. The first-order valence-electron chi connectivity index (χ1n) is 20.7. The third-order valence-electron chi connectivity index (χ3n) is 14.3.